The SMILES string of the molecule is COc1cc(-c2cc(F)cc(C(C)C)c2CC(=O)NS(=O)(=O)c2cnn(C)c2)ccn1.COc1cc(-c2cc(F)cc(C(C)C)c2CC(=O)O)ccn1.Cn1cc(S(N)(=O)=O)cn1. The van der Waals surface area contributed by atoms with Crippen molar-refractivity contribution < 1.29 is 49.8 Å². The van der Waals surface area contributed by atoms with Gasteiger partial charge in [0.25, 0.3) is 10.0 Å². The van der Waals surface area contributed by atoms with E-state index in [2.05, 4.69) is 24.9 Å². The Morgan fingerprint density at radius 3 is 1.51 bits per heavy atom. The van der Waals surface area contributed by atoms with Gasteiger partial charge in [0.2, 0.25) is 27.7 Å². The highest BCUT2D eigenvalue weighted by molar-refractivity contribution is 7.90. The Morgan fingerprint density at radius 2 is 1.16 bits per heavy atom. The number of aliphatic carboxylic acids is 1. The number of aromatic nitrogens is 6. The maximum Gasteiger partial charge on any atom is 0.307 e. The zero-order valence-electron chi connectivity index (χ0n) is 35.7. The number of nitrogens with two attached hydrogens (primary N) is 1. The van der Waals surface area contributed by atoms with Gasteiger partial charge in [0.15, 0.2) is 0 Å². The molecule has 0 fully saturated rings. The largest absolute Gasteiger partial charge is 0.481 e. The van der Waals surface area contributed by atoms with E-state index >= 15 is 0 Å². The van der Waals surface area contributed by atoms with Crippen LogP contribution >= 0.6 is 0 Å². The van der Waals surface area contributed by atoms with Gasteiger partial charge in [-0.25, -0.2) is 45.4 Å². The van der Waals surface area contributed by atoms with Gasteiger partial charge in [0, 0.05) is 51.0 Å². The minimum absolute atomic E-state index is 0.0209. The van der Waals surface area contributed by atoms with Crippen LogP contribution in [-0.4, -0.2) is 77.6 Å². The van der Waals surface area contributed by atoms with Crippen LogP contribution in [0.25, 0.3) is 22.3 Å². The number of carboxylic acids is 1. The fourth-order valence-corrected chi connectivity index (χ4v) is 7.73. The summed E-state index contributed by atoms with van der Waals surface area (Å²) in [6.07, 6.45) is 7.65. The van der Waals surface area contributed by atoms with E-state index in [9.17, 15) is 40.3 Å². The highest BCUT2D eigenvalue weighted by atomic mass is 32.2. The van der Waals surface area contributed by atoms with Crippen molar-refractivity contribution in [2.24, 2.45) is 19.2 Å². The maximum absolute atomic E-state index is 14.4. The van der Waals surface area contributed by atoms with E-state index in [0.717, 1.165) is 6.20 Å². The number of primary sulfonamides is 1. The quantitative estimate of drug-likeness (QED) is 0.130. The van der Waals surface area contributed by atoms with Crippen LogP contribution in [0.3, 0.4) is 0 Å². The number of halogens is 2. The molecule has 21 heteroatoms. The van der Waals surface area contributed by atoms with Crippen LogP contribution in [0.5, 0.6) is 11.8 Å². The van der Waals surface area contributed by atoms with Crippen molar-refractivity contribution in [1.82, 2.24) is 34.3 Å². The smallest absolute Gasteiger partial charge is 0.307 e. The van der Waals surface area contributed by atoms with E-state index in [1.165, 1.54) is 72.6 Å². The Labute approximate surface area is 364 Å². The summed E-state index contributed by atoms with van der Waals surface area (Å²) in [5.41, 5.74) is 4.79. The molecular weight excluding hydrogens is 863 g/mol. The summed E-state index contributed by atoms with van der Waals surface area (Å²) in [5.74, 6) is -1.87. The van der Waals surface area contributed by atoms with Gasteiger partial charge in [-0.2, -0.15) is 10.2 Å². The second-order valence-electron chi connectivity index (χ2n) is 14.5. The summed E-state index contributed by atoms with van der Waals surface area (Å²) >= 11 is 0. The number of methoxy groups -OCH3 is 2. The number of hydrogen-bond donors (Lipinski definition) is 3. The number of carbonyl (C=O) groups excluding carboxylic acids is 1. The lowest BCUT2D eigenvalue weighted by Crippen LogP contribution is -2.32. The number of nitrogens with zero attached hydrogens (tertiary/aromatic N) is 6. The number of benzene rings is 2. The average Bonchev–Trinajstić information content (AvgIpc) is 3.87. The number of carbonyl (C=O) groups is 2. The molecular formula is C42H48F2N8O9S2. The number of sulfonamides is 2. The molecule has 0 aliphatic rings. The molecule has 6 rings (SSSR count). The summed E-state index contributed by atoms with van der Waals surface area (Å²) in [4.78, 5) is 31.9. The topological polar surface area (TPSA) is 241 Å². The van der Waals surface area contributed by atoms with E-state index < -0.39 is 37.7 Å². The molecule has 0 saturated carbocycles. The van der Waals surface area contributed by atoms with Crippen molar-refractivity contribution in [2.75, 3.05) is 14.2 Å². The van der Waals surface area contributed by atoms with Crippen LogP contribution in [0.2, 0.25) is 0 Å². The molecule has 0 aliphatic carbocycles. The molecule has 336 valence electrons. The zero-order valence-corrected chi connectivity index (χ0v) is 37.3. The molecule has 0 radical (unpaired) electrons. The Morgan fingerprint density at radius 1 is 0.730 bits per heavy atom. The van der Waals surface area contributed by atoms with Gasteiger partial charge in [-0.3, -0.25) is 19.0 Å². The molecule has 0 atom stereocenters. The fraction of sp³-hybridized carbons (Fsp3) is 0.286. The molecule has 0 spiro atoms. The maximum atomic E-state index is 14.4. The first kappa shape index (κ1) is 49.1. The van der Waals surface area contributed by atoms with E-state index in [0.29, 0.717) is 56.3 Å². The molecule has 4 heterocycles. The molecule has 2 aromatic carbocycles. The lowest BCUT2D eigenvalue weighted by molar-refractivity contribution is -0.136. The Hall–Kier alpha value is -6.58. The minimum atomic E-state index is -4.08. The molecule has 0 aliphatic heterocycles. The first-order valence-corrected chi connectivity index (χ1v) is 22.0. The normalized spacial score (nSPS) is 11.3. The third-order valence-electron chi connectivity index (χ3n) is 9.17. The second kappa shape index (κ2) is 21.0. The Balaban J connectivity index is 0.000000235. The van der Waals surface area contributed by atoms with Crippen molar-refractivity contribution in [2.45, 2.75) is 62.2 Å². The summed E-state index contributed by atoms with van der Waals surface area (Å²) in [6, 6.07) is 12.1. The van der Waals surface area contributed by atoms with Crippen LogP contribution in [-0.2, 0) is 56.6 Å². The minimum Gasteiger partial charge on any atom is -0.481 e. The van der Waals surface area contributed by atoms with Gasteiger partial charge in [-0.15, -0.1) is 0 Å². The van der Waals surface area contributed by atoms with Crippen LogP contribution in [0, 0.1) is 11.6 Å². The van der Waals surface area contributed by atoms with Crippen molar-refractivity contribution in [3.8, 4) is 34.0 Å². The standard InChI is InChI=1S/C21H23FN4O4S.C17H18FNO3.C4H7N3O2S/c1-13(2)17-8-15(22)9-18(14-5-6-23-21(7-14)30-4)19(17)10-20(27)25-31(28,29)16-11-24-26(3)12-16;1-10(2)13-7-12(18)8-14(15(13)9-17(20)21)11-4-5-19-16(6-11)22-3;1-7-3-4(2-6-7)10(5,8)9/h5-9,11-13H,10H2,1-4H3,(H,25,27);4-8,10H,9H2,1-3H3,(H,20,21);2-3H,1H3,(H2,5,8,9). The molecule has 0 saturated heterocycles. The zero-order chi connectivity index (χ0) is 46.8. The van der Waals surface area contributed by atoms with E-state index in [4.69, 9.17) is 14.6 Å². The third kappa shape index (κ3) is 13.5. The number of ether oxygens (including phenoxy) is 2. The van der Waals surface area contributed by atoms with Gasteiger partial charge >= 0.3 is 5.97 Å². The van der Waals surface area contributed by atoms with E-state index in [1.54, 1.807) is 44.6 Å². The number of hydrogen-bond acceptors (Lipinski definition) is 12. The van der Waals surface area contributed by atoms with E-state index in [1.807, 2.05) is 27.7 Å². The Kier molecular flexibility index (Phi) is 16.4. The van der Waals surface area contributed by atoms with Gasteiger partial charge in [0.1, 0.15) is 21.4 Å². The second-order valence-corrected chi connectivity index (χ2v) is 17.8. The number of rotatable bonds is 13. The highest BCUT2D eigenvalue weighted by Gasteiger charge is 2.24. The highest BCUT2D eigenvalue weighted by Crippen LogP contribution is 2.34. The van der Waals surface area contributed by atoms with Gasteiger partial charge in [-0.1, -0.05) is 27.7 Å². The summed E-state index contributed by atoms with van der Waals surface area (Å²) < 4.78 is 89.5. The predicted octanol–water partition coefficient (Wildman–Crippen LogP) is 5.52. The summed E-state index contributed by atoms with van der Waals surface area (Å²) in [6.45, 7) is 7.58. The first-order chi connectivity index (χ1) is 29.5. The van der Waals surface area contributed by atoms with Crippen LogP contribution < -0.4 is 19.3 Å². The monoisotopic (exact) mass is 910 g/mol. The van der Waals surface area contributed by atoms with Gasteiger partial charge < -0.3 is 14.6 Å². The Bertz CT molecular complexity index is 2810. The van der Waals surface area contributed by atoms with Crippen molar-refractivity contribution in [1.29, 1.82) is 0 Å². The number of nitrogens with one attached hydrogen (secondary N) is 1. The number of pyridine rings is 2. The van der Waals surface area contributed by atoms with Crippen molar-refractivity contribution >= 4 is 31.9 Å². The van der Waals surface area contributed by atoms with Gasteiger partial charge in [0.05, 0.1) is 39.5 Å². The molecule has 4 aromatic heterocycles. The molecule has 1 amide bonds. The summed E-state index contributed by atoms with van der Waals surface area (Å²) in [7, 11) is -1.49. The number of carboxylic acid groups (broad SMARTS) is 1. The molecule has 63 heavy (non-hydrogen) atoms. The molecule has 0 unspecified atom stereocenters. The van der Waals surface area contributed by atoms with Crippen LogP contribution in [0.1, 0.15) is 61.8 Å². The lowest BCUT2D eigenvalue weighted by Gasteiger charge is -2.18. The lowest BCUT2D eigenvalue weighted by atomic mass is 9.88. The molecule has 17 nitrogen and oxygen atoms in total. The predicted molar refractivity (Wildman–Crippen MR) is 229 cm³/mol. The number of amides is 1. The average molecular weight is 911 g/mol. The summed E-state index contributed by atoms with van der Waals surface area (Å²) in [5, 5.41) is 21.4. The first-order valence-electron chi connectivity index (χ1n) is 19.0. The number of aryl methyl sites for hydroxylation is 2. The fourth-order valence-electron chi connectivity index (χ4n) is 6.27. The van der Waals surface area contributed by atoms with Crippen molar-refractivity contribution in [3.05, 3.63) is 120 Å². The molecule has 6 aromatic rings. The van der Waals surface area contributed by atoms with Gasteiger partial charge in [-0.05, 0) is 92.7 Å². The van der Waals surface area contributed by atoms with E-state index in [-0.39, 0.29) is 40.3 Å². The van der Waals surface area contributed by atoms with Crippen LogP contribution in [0.4, 0.5) is 8.78 Å². The molecule has 4 N–H and O–H groups in total. The van der Waals surface area contributed by atoms with Crippen molar-refractivity contribution in [3.63, 3.8) is 0 Å². The van der Waals surface area contributed by atoms with Crippen LogP contribution in [0.15, 0.2) is 95.5 Å². The third-order valence-corrected chi connectivity index (χ3v) is 11.4. The molecule has 0 bridgehead atoms.